The van der Waals surface area contributed by atoms with Crippen molar-refractivity contribution in [2.45, 2.75) is 23.9 Å². The fourth-order valence-corrected chi connectivity index (χ4v) is 3.02. The second-order valence-corrected chi connectivity index (χ2v) is 6.05. The molecule has 2 aromatic rings. The van der Waals surface area contributed by atoms with Gasteiger partial charge >= 0.3 is 0 Å². The maximum absolute atomic E-state index is 12.1. The maximum atomic E-state index is 12.1. The van der Waals surface area contributed by atoms with Crippen LogP contribution in [0.4, 0.5) is 5.69 Å². The van der Waals surface area contributed by atoms with Crippen LogP contribution in [0.2, 0.25) is 0 Å². The number of benzene rings is 2. The smallest absolute Gasteiger partial charge is 0.246 e. The summed E-state index contributed by atoms with van der Waals surface area (Å²) in [6, 6.07) is 16.1. The molecule has 4 heteroatoms. The lowest BCUT2D eigenvalue weighted by atomic mass is 10.0. The molecule has 3 nitrogen and oxygen atoms in total. The summed E-state index contributed by atoms with van der Waals surface area (Å²) in [6.45, 7) is 2.09. The highest BCUT2D eigenvalue weighted by Gasteiger charge is 2.31. The Morgan fingerprint density at radius 2 is 1.86 bits per heavy atom. The van der Waals surface area contributed by atoms with Crippen molar-refractivity contribution in [2.75, 3.05) is 11.6 Å². The van der Waals surface area contributed by atoms with E-state index in [1.54, 1.807) is 11.8 Å². The van der Waals surface area contributed by atoms with E-state index in [4.69, 9.17) is 0 Å². The highest BCUT2D eigenvalue weighted by Crippen LogP contribution is 2.32. The van der Waals surface area contributed by atoms with Gasteiger partial charge in [0, 0.05) is 22.2 Å². The minimum absolute atomic E-state index is 0.0174. The normalized spacial score (nSPS) is 18.2. The summed E-state index contributed by atoms with van der Waals surface area (Å²) in [5, 5.41) is 6.34. The molecule has 2 N–H and O–H groups in total. The molecule has 3 rings (SSSR count). The van der Waals surface area contributed by atoms with Crippen LogP contribution in [-0.2, 0) is 4.79 Å². The van der Waals surface area contributed by atoms with Gasteiger partial charge in [-0.15, -0.1) is 11.8 Å². The highest BCUT2D eigenvalue weighted by molar-refractivity contribution is 7.98. The standard InChI is InChI=1S/C17H18N2OS/c1-11(12-7-9-13(21-2)10-8-12)18-16-14-5-3-4-6-15(14)19-17(16)20/h3-11,16,18H,1-2H3,(H,19,20). The topological polar surface area (TPSA) is 41.1 Å². The van der Waals surface area contributed by atoms with Gasteiger partial charge in [-0.2, -0.15) is 0 Å². The van der Waals surface area contributed by atoms with Crippen LogP contribution in [0.1, 0.15) is 30.1 Å². The van der Waals surface area contributed by atoms with Crippen LogP contribution in [0.25, 0.3) is 0 Å². The molecule has 21 heavy (non-hydrogen) atoms. The summed E-state index contributed by atoms with van der Waals surface area (Å²) in [6.07, 6.45) is 2.07. The van der Waals surface area contributed by atoms with Gasteiger partial charge in [0.15, 0.2) is 0 Å². The van der Waals surface area contributed by atoms with E-state index in [1.807, 2.05) is 24.3 Å². The van der Waals surface area contributed by atoms with E-state index in [0.29, 0.717) is 0 Å². The zero-order valence-corrected chi connectivity index (χ0v) is 12.9. The number of rotatable bonds is 4. The van der Waals surface area contributed by atoms with Crippen molar-refractivity contribution in [3.63, 3.8) is 0 Å². The summed E-state index contributed by atoms with van der Waals surface area (Å²) in [5.74, 6) is 0.0174. The quantitative estimate of drug-likeness (QED) is 0.845. The lowest BCUT2D eigenvalue weighted by Gasteiger charge is -2.19. The number of carbonyl (C=O) groups is 1. The molecule has 0 bridgehead atoms. The van der Waals surface area contributed by atoms with E-state index in [-0.39, 0.29) is 18.0 Å². The Kier molecular flexibility index (Phi) is 3.99. The van der Waals surface area contributed by atoms with Gasteiger partial charge in [-0.1, -0.05) is 30.3 Å². The third-order valence-corrected chi connectivity index (χ3v) is 4.57. The number of nitrogens with one attached hydrogen (secondary N) is 2. The van der Waals surface area contributed by atoms with Gasteiger partial charge in [-0.3, -0.25) is 10.1 Å². The summed E-state index contributed by atoms with van der Waals surface area (Å²) in [7, 11) is 0. The average molecular weight is 298 g/mol. The zero-order valence-electron chi connectivity index (χ0n) is 12.1. The molecule has 0 spiro atoms. The number of thioether (sulfide) groups is 1. The van der Waals surface area contributed by atoms with Crippen LogP contribution < -0.4 is 10.6 Å². The second-order valence-electron chi connectivity index (χ2n) is 5.17. The van der Waals surface area contributed by atoms with E-state index in [9.17, 15) is 4.79 Å². The van der Waals surface area contributed by atoms with Gasteiger partial charge in [0.1, 0.15) is 6.04 Å². The average Bonchev–Trinajstić information content (AvgIpc) is 2.83. The van der Waals surface area contributed by atoms with Crippen LogP contribution in [-0.4, -0.2) is 12.2 Å². The molecular formula is C17H18N2OS. The fourth-order valence-electron chi connectivity index (χ4n) is 2.61. The summed E-state index contributed by atoms with van der Waals surface area (Å²) < 4.78 is 0. The van der Waals surface area contributed by atoms with Crippen molar-refractivity contribution in [3.8, 4) is 0 Å². The summed E-state index contributed by atoms with van der Waals surface area (Å²) >= 11 is 1.73. The molecule has 0 saturated heterocycles. The molecule has 1 aliphatic rings. The molecule has 2 aromatic carbocycles. The molecule has 2 atom stereocenters. The van der Waals surface area contributed by atoms with Gasteiger partial charge in [0.05, 0.1) is 0 Å². The Labute approximate surface area is 129 Å². The Morgan fingerprint density at radius 3 is 2.57 bits per heavy atom. The van der Waals surface area contributed by atoms with Crippen LogP contribution in [0, 0.1) is 0 Å². The molecule has 1 amide bonds. The summed E-state index contributed by atoms with van der Waals surface area (Å²) in [4.78, 5) is 13.4. The second kappa shape index (κ2) is 5.92. The SMILES string of the molecule is CSc1ccc(C(C)NC2C(=O)Nc3ccccc32)cc1. The van der Waals surface area contributed by atoms with Crippen molar-refractivity contribution >= 4 is 23.4 Å². The fraction of sp³-hybridized carbons (Fsp3) is 0.235. The molecule has 0 fully saturated rings. The van der Waals surface area contributed by atoms with Crippen molar-refractivity contribution in [1.82, 2.24) is 5.32 Å². The lowest BCUT2D eigenvalue weighted by Crippen LogP contribution is -2.29. The van der Waals surface area contributed by atoms with Crippen molar-refractivity contribution in [3.05, 3.63) is 59.7 Å². The van der Waals surface area contributed by atoms with Crippen LogP contribution in [0.3, 0.4) is 0 Å². The summed E-state index contributed by atoms with van der Waals surface area (Å²) in [5.41, 5.74) is 3.12. The van der Waals surface area contributed by atoms with Crippen molar-refractivity contribution < 1.29 is 4.79 Å². The number of carbonyl (C=O) groups excluding carboxylic acids is 1. The van der Waals surface area contributed by atoms with Gasteiger partial charge in [-0.25, -0.2) is 0 Å². The van der Waals surface area contributed by atoms with E-state index in [2.05, 4.69) is 48.1 Å². The van der Waals surface area contributed by atoms with Crippen molar-refractivity contribution in [2.24, 2.45) is 0 Å². The zero-order chi connectivity index (χ0) is 14.8. The monoisotopic (exact) mass is 298 g/mol. The number of hydrogen-bond donors (Lipinski definition) is 2. The Morgan fingerprint density at radius 1 is 1.14 bits per heavy atom. The minimum Gasteiger partial charge on any atom is -0.324 e. The van der Waals surface area contributed by atoms with Gasteiger partial charge in [0.2, 0.25) is 5.91 Å². The number of hydrogen-bond acceptors (Lipinski definition) is 3. The van der Waals surface area contributed by atoms with E-state index >= 15 is 0 Å². The molecule has 0 aliphatic carbocycles. The molecule has 1 aliphatic heterocycles. The Bertz CT molecular complexity index is 654. The van der Waals surface area contributed by atoms with E-state index < -0.39 is 0 Å². The van der Waals surface area contributed by atoms with E-state index in [0.717, 1.165) is 11.3 Å². The van der Waals surface area contributed by atoms with E-state index in [1.165, 1.54) is 10.5 Å². The first-order chi connectivity index (χ1) is 10.2. The third kappa shape index (κ3) is 2.82. The molecule has 0 aromatic heterocycles. The van der Waals surface area contributed by atoms with Crippen LogP contribution in [0.5, 0.6) is 0 Å². The number of anilines is 1. The Hall–Kier alpha value is -1.78. The number of fused-ring (bicyclic) bond motifs is 1. The first-order valence-corrected chi connectivity index (χ1v) is 8.21. The molecule has 108 valence electrons. The first kappa shape index (κ1) is 14.2. The molecular weight excluding hydrogens is 280 g/mol. The molecule has 0 saturated carbocycles. The lowest BCUT2D eigenvalue weighted by molar-refractivity contribution is -0.117. The van der Waals surface area contributed by atoms with Crippen LogP contribution in [0.15, 0.2) is 53.4 Å². The Balaban J connectivity index is 1.78. The predicted molar refractivity (Wildman–Crippen MR) is 87.6 cm³/mol. The number of amides is 1. The largest absolute Gasteiger partial charge is 0.324 e. The number of para-hydroxylation sites is 1. The predicted octanol–water partition coefficient (Wildman–Crippen LogP) is 3.75. The highest BCUT2D eigenvalue weighted by atomic mass is 32.2. The third-order valence-electron chi connectivity index (χ3n) is 3.82. The van der Waals surface area contributed by atoms with Gasteiger partial charge in [-0.05, 0) is 36.9 Å². The van der Waals surface area contributed by atoms with Crippen LogP contribution >= 0.6 is 11.8 Å². The first-order valence-electron chi connectivity index (χ1n) is 6.99. The molecule has 2 unspecified atom stereocenters. The molecule has 1 heterocycles. The van der Waals surface area contributed by atoms with Gasteiger partial charge < -0.3 is 5.32 Å². The van der Waals surface area contributed by atoms with Gasteiger partial charge in [0.25, 0.3) is 0 Å². The molecule has 0 radical (unpaired) electrons. The van der Waals surface area contributed by atoms with Crippen molar-refractivity contribution in [1.29, 1.82) is 0 Å². The maximum Gasteiger partial charge on any atom is 0.246 e. The minimum atomic E-state index is -0.281.